The van der Waals surface area contributed by atoms with Crippen LogP contribution in [0.1, 0.15) is 65.2 Å². The van der Waals surface area contributed by atoms with Gasteiger partial charge < -0.3 is 19.3 Å². The number of hydrogen-bond acceptors (Lipinski definition) is 5. The minimum atomic E-state index is -0.189. The van der Waals surface area contributed by atoms with Crippen molar-refractivity contribution in [3.05, 3.63) is 87.1 Å². The average Bonchev–Trinajstić information content (AvgIpc) is 3.40. The van der Waals surface area contributed by atoms with Crippen LogP contribution in [0.3, 0.4) is 0 Å². The van der Waals surface area contributed by atoms with Gasteiger partial charge in [-0.15, -0.1) is 11.3 Å². The molecule has 3 aromatic rings. The number of benzene rings is 2. The molecule has 2 aromatic carbocycles. The second-order valence-electron chi connectivity index (χ2n) is 10.7. The van der Waals surface area contributed by atoms with E-state index in [1.807, 2.05) is 53.4 Å². The molecule has 6 nitrogen and oxygen atoms in total. The van der Waals surface area contributed by atoms with E-state index in [0.717, 1.165) is 23.3 Å². The van der Waals surface area contributed by atoms with Crippen LogP contribution in [0.25, 0.3) is 0 Å². The highest BCUT2D eigenvalue weighted by Gasteiger charge is 2.34. The number of carbonyl (C=O) groups excluding carboxylic acids is 2. The third kappa shape index (κ3) is 6.27. The molecule has 1 unspecified atom stereocenters. The van der Waals surface area contributed by atoms with Gasteiger partial charge in [-0.25, -0.2) is 0 Å². The van der Waals surface area contributed by atoms with E-state index in [1.54, 1.807) is 30.5 Å². The highest BCUT2D eigenvalue weighted by Crippen LogP contribution is 2.38. The molecule has 1 aromatic heterocycles. The Morgan fingerprint density at radius 2 is 1.74 bits per heavy atom. The molecule has 2 amide bonds. The number of ether oxygens (including phenoxy) is 2. The number of fused-ring (bicyclic) bond motifs is 1. The van der Waals surface area contributed by atoms with E-state index >= 15 is 0 Å². The maximum Gasteiger partial charge on any atom is 0.254 e. The number of methoxy groups -OCH3 is 2. The second kappa shape index (κ2) is 12.1. The van der Waals surface area contributed by atoms with Crippen LogP contribution in [-0.2, 0) is 21.4 Å². The summed E-state index contributed by atoms with van der Waals surface area (Å²) in [4.78, 5) is 32.4. The normalized spacial score (nSPS) is 15.2. The number of amides is 2. The zero-order valence-electron chi connectivity index (χ0n) is 23.0. The number of hydrogen-bond donors (Lipinski definition) is 0. The van der Waals surface area contributed by atoms with Crippen LogP contribution in [0.2, 0.25) is 0 Å². The third-order valence-corrected chi connectivity index (χ3v) is 8.10. The van der Waals surface area contributed by atoms with Crippen LogP contribution in [0, 0.1) is 0 Å². The summed E-state index contributed by atoms with van der Waals surface area (Å²) in [5, 5.41) is 2.09. The van der Waals surface area contributed by atoms with Gasteiger partial charge in [-0.3, -0.25) is 9.59 Å². The summed E-state index contributed by atoms with van der Waals surface area (Å²) in [6, 6.07) is 17.6. The molecule has 0 aliphatic carbocycles. The van der Waals surface area contributed by atoms with Crippen molar-refractivity contribution in [3.8, 4) is 5.75 Å². The SMILES string of the molecule is COCCCN(CC(=O)N1CCc2sccc2C1c1ccc(OC)cc1)C(=O)c1ccc(C(C)(C)C)cc1. The Labute approximate surface area is 230 Å². The van der Waals surface area contributed by atoms with E-state index in [1.165, 1.54) is 10.4 Å². The molecule has 38 heavy (non-hydrogen) atoms. The summed E-state index contributed by atoms with van der Waals surface area (Å²) in [7, 11) is 3.29. The zero-order valence-corrected chi connectivity index (χ0v) is 23.8. The molecule has 0 N–H and O–H groups in total. The minimum Gasteiger partial charge on any atom is -0.497 e. The van der Waals surface area contributed by atoms with Gasteiger partial charge in [0.2, 0.25) is 5.91 Å². The maximum atomic E-state index is 13.9. The van der Waals surface area contributed by atoms with E-state index in [-0.39, 0.29) is 29.8 Å². The first-order chi connectivity index (χ1) is 18.2. The highest BCUT2D eigenvalue weighted by molar-refractivity contribution is 7.10. The van der Waals surface area contributed by atoms with Crippen LogP contribution in [-0.4, -0.2) is 62.1 Å². The minimum absolute atomic E-state index is 0.000928. The number of thiophene rings is 1. The molecule has 7 heteroatoms. The smallest absolute Gasteiger partial charge is 0.254 e. The molecule has 0 saturated carbocycles. The molecular formula is C31H38N2O4S. The quantitative estimate of drug-likeness (QED) is 0.330. The predicted octanol–water partition coefficient (Wildman–Crippen LogP) is 5.71. The molecule has 2 heterocycles. The van der Waals surface area contributed by atoms with Crippen molar-refractivity contribution in [2.45, 2.75) is 45.1 Å². The topological polar surface area (TPSA) is 59.1 Å². The molecular weight excluding hydrogens is 496 g/mol. The van der Waals surface area contributed by atoms with Gasteiger partial charge in [0, 0.05) is 37.2 Å². The molecule has 1 aliphatic rings. The van der Waals surface area contributed by atoms with E-state index in [0.29, 0.717) is 31.7 Å². The lowest BCUT2D eigenvalue weighted by Gasteiger charge is -2.37. The molecule has 0 radical (unpaired) electrons. The van der Waals surface area contributed by atoms with Crippen LogP contribution < -0.4 is 4.74 Å². The lowest BCUT2D eigenvalue weighted by atomic mass is 9.86. The molecule has 4 rings (SSSR count). The maximum absolute atomic E-state index is 13.9. The van der Waals surface area contributed by atoms with Crippen molar-refractivity contribution in [2.24, 2.45) is 0 Å². The van der Waals surface area contributed by atoms with Gasteiger partial charge in [-0.2, -0.15) is 0 Å². The summed E-state index contributed by atoms with van der Waals surface area (Å²) < 4.78 is 10.6. The van der Waals surface area contributed by atoms with Crippen LogP contribution in [0.5, 0.6) is 5.75 Å². The Balaban J connectivity index is 1.58. The van der Waals surface area contributed by atoms with Gasteiger partial charge in [-0.1, -0.05) is 45.0 Å². The number of carbonyl (C=O) groups is 2. The Hall–Kier alpha value is -3.16. The second-order valence-corrected chi connectivity index (χ2v) is 11.7. The van der Waals surface area contributed by atoms with Crippen molar-refractivity contribution in [1.82, 2.24) is 9.80 Å². The summed E-state index contributed by atoms with van der Waals surface area (Å²) in [6.07, 6.45) is 1.48. The first kappa shape index (κ1) is 27.9. The first-order valence-corrected chi connectivity index (χ1v) is 14.0. The van der Waals surface area contributed by atoms with Crippen molar-refractivity contribution in [2.75, 3.05) is 40.5 Å². The first-order valence-electron chi connectivity index (χ1n) is 13.1. The Morgan fingerprint density at radius 1 is 1.03 bits per heavy atom. The predicted molar refractivity (Wildman–Crippen MR) is 152 cm³/mol. The molecule has 0 saturated heterocycles. The Morgan fingerprint density at radius 3 is 2.37 bits per heavy atom. The van der Waals surface area contributed by atoms with Gasteiger partial charge in [0.15, 0.2) is 0 Å². The van der Waals surface area contributed by atoms with Gasteiger partial charge in [-0.05, 0) is 70.7 Å². The number of nitrogens with zero attached hydrogens (tertiary/aromatic N) is 2. The van der Waals surface area contributed by atoms with Gasteiger partial charge in [0.1, 0.15) is 12.3 Å². The van der Waals surface area contributed by atoms with E-state index < -0.39 is 0 Å². The highest BCUT2D eigenvalue weighted by atomic mass is 32.1. The van der Waals surface area contributed by atoms with E-state index in [9.17, 15) is 9.59 Å². The van der Waals surface area contributed by atoms with Crippen molar-refractivity contribution in [3.63, 3.8) is 0 Å². The zero-order chi connectivity index (χ0) is 27.3. The van der Waals surface area contributed by atoms with Gasteiger partial charge >= 0.3 is 0 Å². The van der Waals surface area contributed by atoms with Crippen LogP contribution in [0.15, 0.2) is 60.0 Å². The van der Waals surface area contributed by atoms with Gasteiger partial charge in [0.05, 0.1) is 13.2 Å². The molecule has 202 valence electrons. The van der Waals surface area contributed by atoms with Crippen LogP contribution >= 0.6 is 11.3 Å². The molecule has 0 spiro atoms. The Kier molecular flexibility index (Phi) is 8.90. The lowest BCUT2D eigenvalue weighted by Crippen LogP contribution is -2.47. The fourth-order valence-corrected chi connectivity index (χ4v) is 5.84. The molecule has 1 aliphatic heterocycles. The molecule has 0 fully saturated rings. The number of rotatable bonds is 9. The molecule has 1 atom stereocenters. The van der Waals surface area contributed by atoms with Crippen molar-refractivity contribution >= 4 is 23.2 Å². The molecule has 0 bridgehead atoms. The average molecular weight is 535 g/mol. The standard InChI is InChI=1S/C31H38N2O4S/c1-31(2,3)24-11-7-23(8-12-24)30(35)32(17-6-19-36-4)21-28(34)33-18-15-27-26(16-20-38-27)29(33)22-9-13-25(37-5)14-10-22/h7-14,16,20,29H,6,15,17-19,21H2,1-5H3. The summed E-state index contributed by atoms with van der Waals surface area (Å²) in [5.74, 6) is 0.587. The van der Waals surface area contributed by atoms with E-state index in [2.05, 4.69) is 32.2 Å². The van der Waals surface area contributed by atoms with E-state index in [4.69, 9.17) is 9.47 Å². The summed E-state index contributed by atoms with van der Waals surface area (Å²) in [5.41, 5.74) is 3.95. The largest absolute Gasteiger partial charge is 0.497 e. The summed E-state index contributed by atoms with van der Waals surface area (Å²) in [6.45, 7) is 8.06. The fourth-order valence-electron chi connectivity index (χ4n) is 4.93. The monoisotopic (exact) mass is 534 g/mol. The van der Waals surface area contributed by atoms with Crippen LogP contribution in [0.4, 0.5) is 0 Å². The van der Waals surface area contributed by atoms with Crippen molar-refractivity contribution in [1.29, 1.82) is 0 Å². The third-order valence-electron chi connectivity index (χ3n) is 7.11. The Bertz CT molecular complexity index is 1230. The lowest BCUT2D eigenvalue weighted by molar-refractivity contribution is -0.134. The van der Waals surface area contributed by atoms with Gasteiger partial charge in [0.25, 0.3) is 5.91 Å². The fraction of sp³-hybridized carbons (Fsp3) is 0.419. The summed E-state index contributed by atoms with van der Waals surface area (Å²) >= 11 is 1.74. The van der Waals surface area contributed by atoms with Crippen molar-refractivity contribution < 1.29 is 19.1 Å².